The van der Waals surface area contributed by atoms with Crippen molar-refractivity contribution in [2.75, 3.05) is 33.8 Å². The molecule has 1 saturated heterocycles. The summed E-state index contributed by atoms with van der Waals surface area (Å²) in [5.74, 6) is -0.458. The summed E-state index contributed by atoms with van der Waals surface area (Å²) in [4.78, 5) is 13.9. The van der Waals surface area contributed by atoms with Gasteiger partial charge in [0.05, 0.1) is 6.10 Å². The fourth-order valence-electron chi connectivity index (χ4n) is 3.95. The van der Waals surface area contributed by atoms with Gasteiger partial charge in [0.25, 0.3) is 0 Å². The van der Waals surface area contributed by atoms with E-state index in [1.807, 2.05) is 0 Å². The molecule has 2 N–H and O–H groups in total. The summed E-state index contributed by atoms with van der Waals surface area (Å²) in [5.41, 5.74) is -0.706. The van der Waals surface area contributed by atoms with E-state index >= 15 is 0 Å². The molecule has 0 aromatic carbocycles. The van der Waals surface area contributed by atoms with E-state index in [4.69, 9.17) is 4.74 Å². The van der Waals surface area contributed by atoms with Crippen molar-refractivity contribution in [2.45, 2.75) is 56.6 Å². The third-order valence-electron chi connectivity index (χ3n) is 5.30. The maximum Gasteiger partial charge on any atom is 0.324 e. The van der Waals surface area contributed by atoms with Crippen LogP contribution in [-0.2, 0) is 9.53 Å². The summed E-state index contributed by atoms with van der Waals surface area (Å²) in [7, 11) is 3.90. The third kappa shape index (κ3) is 3.96. The molecule has 1 aliphatic carbocycles. The van der Waals surface area contributed by atoms with Gasteiger partial charge in [-0.25, -0.2) is 0 Å². The average molecular weight is 298 g/mol. The van der Waals surface area contributed by atoms with Crippen molar-refractivity contribution in [1.82, 2.24) is 10.2 Å². The van der Waals surface area contributed by atoms with E-state index in [0.717, 1.165) is 51.8 Å². The van der Waals surface area contributed by atoms with Crippen LogP contribution >= 0.6 is 0 Å². The lowest BCUT2D eigenvalue weighted by Crippen LogP contribution is -2.53. The van der Waals surface area contributed by atoms with E-state index in [0.29, 0.717) is 6.10 Å². The Balaban J connectivity index is 1.79. The molecule has 0 radical (unpaired) electrons. The van der Waals surface area contributed by atoms with Crippen LogP contribution in [0.5, 0.6) is 0 Å². The Bertz CT molecular complexity index is 344. The Morgan fingerprint density at radius 2 is 2.19 bits per heavy atom. The van der Waals surface area contributed by atoms with Crippen molar-refractivity contribution in [3.8, 4) is 0 Å². The van der Waals surface area contributed by atoms with Crippen LogP contribution in [0.2, 0.25) is 0 Å². The van der Waals surface area contributed by atoms with Crippen LogP contribution in [0.25, 0.3) is 0 Å². The van der Waals surface area contributed by atoms with Gasteiger partial charge in [0.2, 0.25) is 0 Å². The number of likely N-dealkylation sites (N-methyl/N-ethyl adjacent to an activating group) is 2. The van der Waals surface area contributed by atoms with Gasteiger partial charge < -0.3 is 20.1 Å². The number of nitrogens with one attached hydrogen (secondary N) is 1. The Labute approximate surface area is 128 Å². The van der Waals surface area contributed by atoms with E-state index in [-0.39, 0.29) is 5.92 Å². The van der Waals surface area contributed by atoms with Crippen LogP contribution < -0.4 is 5.32 Å². The molecule has 0 amide bonds. The first-order chi connectivity index (χ1) is 10.1. The number of rotatable bonds is 7. The number of hydrogen-bond donors (Lipinski definition) is 2. The molecule has 1 aliphatic heterocycles. The maximum atomic E-state index is 11.6. The second-order valence-corrected chi connectivity index (χ2v) is 6.66. The molecule has 5 heteroatoms. The van der Waals surface area contributed by atoms with Crippen molar-refractivity contribution in [3.63, 3.8) is 0 Å². The van der Waals surface area contributed by atoms with Gasteiger partial charge in [-0.1, -0.05) is 6.42 Å². The number of carboxylic acid groups (broad SMARTS) is 1. The number of aliphatic carboxylic acids is 1. The maximum absolute atomic E-state index is 11.6. The molecule has 0 bridgehead atoms. The van der Waals surface area contributed by atoms with Crippen LogP contribution in [-0.4, -0.2) is 61.4 Å². The summed E-state index contributed by atoms with van der Waals surface area (Å²) < 4.78 is 5.77. The predicted molar refractivity (Wildman–Crippen MR) is 82.5 cm³/mol. The van der Waals surface area contributed by atoms with Gasteiger partial charge in [-0.3, -0.25) is 4.79 Å². The lowest BCUT2D eigenvalue weighted by atomic mass is 9.84. The Morgan fingerprint density at radius 3 is 2.81 bits per heavy atom. The standard InChI is InChI=1S/C16H30N2O3/c1-17-16(15(19)20)9-5-6-13(16)8-10-18(2)12-14-7-3-4-11-21-14/h13-14,17H,3-12H2,1-2H3,(H,19,20). The highest BCUT2D eigenvalue weighted by Crippen LogP contribution is 2.38. The second kappa shape index (κ2) is 7.56. The van der Waals surface area contributed by atoms with Crippen LogP contribution in [0.1, 0.15) is 44.9 Å². The molecule has 5 nitrogen and oxygen atoms in total. The molecule has 3 unspecified atom stereocenters. The summed E-state index contributed by atoms with van der Waals surface area (Å²) >= 11 is 0. The molecule has 2 rings (SSSR count). The van der Waals surface area contributed by atoms with Crippen LogP contribution in [0.15, 0.2) is 0 Å². The first-order valence-corrected chi connectivity index (χ1v) is 8.31. The first-order valence-electron chi connectivity index (χ1n) is 8.31. The summed E-state index contributed by atoms with van der Waals surface area (Å²) in [6, 6.07) is 0. The molecule has 2 fully saturated rings. The van der Waals surface area contributed by atoms with E-state index < -0.39 is 11.5 Å². The van der Waals surface area contributed by atoms with Gasteiger partial charge in [0.15, 0.2) is 0 Å². The Morgan fingerprint density at radius 1 is 1.38 bits per heavy atom. The lowest BCUT2D eigenvalue weighted by molar-refractivity contribution is -0.146. The SMILES string of the molecule is CNC1(C(=O)O)CCCC1CCN(C)CC1CCCCO1. The number of nitrogens with zero attached hydrogens (tertiary/aromatic N) is 1. The molecule has 3 atom stereocenters. The number of carbonyl (C=O) groups is 1. The lowest BCUT2D eigenvalue weighted by Gasteiger charge is -2.33. The van der Waals surface area contributed by atoms with Crippen molar-refractivity contribution >= 4 is 5.97 Å². The number of carboxylic acids is 1. The smallest absolute Gasteiger partial charge is 0.324 e. The minimum Gasteiger partial charge on any atom is -0.480 e. The normalized spacial score (nSPS) is 33.5. The Hall–Kier alpha value is -0.650. The van der Waals surface area contributed by atoms with Crippen molar-refractivity contribution in [1.29, 1.82) is 0 Å². The molecule has 122 valence electrons. The molecular formula is C16H30N2O3. The van der Waals surface area contributed by atoms with Crippen LogP contribution in [0, 0.1) is 5.92 Å². The van der Waals surface area contributed by atoms with Gasteiger partial charge in [0, 0.05) is 13.2 Å². The summed E-state index contributed by atoms with van der Waals surface area (Å²) in [6.07, 6.45) is 7.68. The molecule has 1 saturated carbocycles. The van der Waals surface area contributed by atoms with E-state index in [2.05, 4.69) is 17.3 Å². The molecule has 1 heterocycles. The van der Waals surface area contributed by atoms with Crippen molar-refractivity contribution in [2.24, 2.45) is 5.92 Å². The molecule has 0 aromatic rings. The average Bonchev–Trinajstić information content (AvgIpc) is 2.90. The third-order valence-corrected chi connectivity index (χ3v) is 5.30. The molecule has 0 spiro atoms. The monoisotopic (exact) mass is 298 g/mol. The van der Waals surface area contributed by atoms with E-state index in [9.17, 15) is 9.90 Å². The topological polar surface area (TPSA) is 61.8 Å². The minimum absolute atomic E-state index is 0.231. The molecular weight excluding hydrogens is 268 g/mol. The van der Waals surface area contributed by atoms with Crippen molar-refractivity contribution < 1.29 is 14.6 Å². The van der Waals surface area contributed by atoms with Crippen molar-refractivity contribution in [3.05, 3.63) is 0 Å². The zero-order chi connectivity index (χ0) is 15.3. The fourth-order valence-corrected chi connectivity index (χ4v) is 3.95. The molecule has 2 aliphatic rings. The molecule has 0 aromatic heterocycles. The largest absolute Gasteiger partial charge is 0.480 e. The highest BCUT2D eigenvalue weighted by Gasteiger charge is 2.47. The zero-order valence-corrected chi connectivity index (χ0v) is 13.4. The highest BCUT2D eigenvalue weighted by molar-refractivity contribution is 5.79. The highest BCUT2D eigenvalue weighted by atomic mass is 16.5. The molecule has 21 heavy (non-hydrogen) atoms. The number of hydrogen-bond acceptors (Lipinski definition) is 4. The van der Waals surface area contributed by atoms with Gasteiger partial charge in [-0.05, 0) is 65.1 Å². The summed E-state index contributed by atoms with van der Waals surface area (Å²) in [6.45, 7) is 2.80. The quantitative estimate of drug-likeness (QED) is 0.749. The van der Waals surface area contributed by atoms with Gasteiger partial charge in [-0.2, -0.15) is 0 Å². The fraction of sp³-hybridized carbons (Fsp3) is 0.938. The second-order valence-electron chi connectivity index (χ2n) is 6.66. The van der Waals surface area contributed by atoms with Crippen LogP contribution in [0.3, 0.4) is 0 Å². The number of ether oxygens (including phenoxy) is 1. The van der Waals surface area contributed by atoms with Gasteiger partial charge >= 0.3 is 5.97 Å². The van der Waals surface area contributed by atoms with Gasteiger partial charge in [0.1, 0.15) is 5.54 Å². The van der Waals surface area contributed by atoms with Crippen LogP contribution in [0.4, 0.5) is 0 Å². The zero-order valence-electron chi connectivity index (χ0n) is 13.4. The minimum atomic E-state index is -0.706. The van der Waals surface area contributed by atoms with E-state index in [1.165, 1.54) is 12.8 Å². The van der Waals surface area contributed by atoms with Gasteiger partial charge in [-0.15, -0.1) is 0 Å². The predicted octanol–water partition coefficient (Wildman–Crippen LogP) is 1.72. The van der Waals surface area contributed by atoms with E-state index in [1.54, 1.807) is 7.05 Å². The Kier molecular flexibility index (Phi) is 6.02. The summed E-state index contributed by atoms with van der Waals surface area (Å²) in [5, 5.41) is 12.7. The first kappa shape index (κ1) is 16.7.